The molecule has 0 spiro atoms. The van der Waals surface area contributed by atoms with Gasteiger partial charge in [-0.05, 0) is 37.1 Å². The second-order valence-corrected chi connectivity index (χ2v) is 4.31. The molecule has 1 N–H and O–H groups in total. The van der Waals surface area contributed by atoms with Gasteiger partial charge in [-0.1, -0.05) is 6.07 Å². The van der Waals surface area contributed by atoms with Gasteiger partial charge in [0, 0.05) is 25.0 Å². The molecule has 1 unspecified atom stereocenters. The standard InChI is InChI=1S/C14H16FN3/c1-10-4-3-5-17-14(10)9-18-11(2)12-6-13(15)8-16-7-12/h3-8,11,18H,9H2,1-2H3. The quantitative estimate of drug-likeness (QED) is 0.900. The predicted octanol–water partition coefficient (Wildman–Crippen LogP) is 2.77. The molecule has 0 amide bonds. The molecule has 0 aliphatic rings. The van der Waals surface area contributed by atoms with Crippen molar-refractivity contribution >= 4 is 0 Å². The van der Waals surface area contributed by atoms with Crippen LogP contribution >= 0.6 is 0 Å². The Morgan fingerprint density at radius 2 is 2.22 bits per heavy atom. The summed E-state index contributed by atoms with van der Waals surface area (Å²) in [5.74, 6) is -0.310. The van der Waals surface area contributed by atoms with E-state index in [0.29, 0.717) is 6.54 Å². The number of hydrogen-bond donors (Lipinski definition) is 1. The van der Waals surface area contributed by atoms with Crippen LogP contribution in [0.4, 0.5) is 4.39 Å². The molecule has 18 heavy (non-hydrogen) atoms. The summed E-state index contributed by atoms with van der Waals surface area (Å²) in [7, 11) is 0. The minimum Gasteiger partial charge on any atom is -0.304 e. The lowest BCUT2D eigenvalue weighted by atomic mass is 10.1. The van der Waals surface area contributed by atoms with E-state index in [1.807, 2.05) is 26.0 Å². The minimum atomic E-state index is -0.310. The van der Waals surface area contributed by atoms with Gasteiger partial charge in [0.1, 0.15) is 5.82 Å². The maximum atomic E-state index is 13.1. The van der Waals surface area contributed by atoms with E-state index in [0.717, 1.165) is 16.8 Å². The lowest BCUT2D eigenvalue weighted by molar-refractivity contribution is 0.554. The van der Waals surface area contributed by atoms with Crippen LogP contribution in [0.15, 0.2) is 36.8 Å². The Labute approximate surface area is 106 Å². The Balaban J connectivity index is 2.00. The van der Waals surface area contributed by atoms with E-state index >= 15 is 0 Å². The van der Waals surface area contributed by atoms with Crippen molar-refractivity contribution in [1.29, 1.82) is 0 Å². The Morgan fingerprint density at radius 1 is 1.39 bits per heavy atom. The smallest absolute Gasteiger partial charge is 0.141 e. The van der Waals surface area contributed by atoms with Gasteiger partial charge in [-0.2, -0.15) is 0 Å². The average molecular weight is 245 g/mol. The molecule has 2 aromatic heterocycles. The number of rotatable bonds is 4. The molecule has 94 valence electrons. The summed E-state index contributed by atoms with van der Waals surface area (Å²) in [5.41, 5.74) is 2.99. The highest BCUT2D eigenvalue weighted by Crippen LogP contribution is 2.13. The first kappa shape index (κ1) is 12.6. The third-order valence-corrected chi connectivity index (χ3v) is 2.92. The molecule has 0 saturated carbocycles. The van der Waals surface area contributed by atoms with E-state index in [1.54, 1.807) is 12.4 Å². The average Bonchev–Trinajstić information content (AvgIpc) is 2.37. The molecule has 0 aliphatic carbocycles. The summed E-state index contributed by atoms with van der Waals surface area (Å²) >= 11 is 0. The van der Waals surface area contributed by atoms with Crippen LogP contribution in [0.1, 0.15) is 29.8 Å². The van der Waals surface area contributed by atoms with Crippen molar-refractivity contribution in [2.75, 3.05) is 0 Å². The first-order valence-electron chi connectivity index (χ1n) is 5.91. The molecular formula is C14H16FN3. The molecular weight excluding hydrogens is 229 g/mol. The third kappa shape index (κ3) is 3.11. The molecule has 0 saturated heterocycles. The number of hydrogen-bond acceptors (Lipinski definition) is 3. The van der Waals surface area contributed by atoms with Crippen molar-refractivity contribution in [3.63, 3.8) is 0 Å². The Bertz CT molecular complexity index is 528. The van der Waals surface area contributed by atoms with E-state index in [2.05, 4.69) is 15.3 Å². The summed E-state index contributed by atoms with van der Waals surface area (Å²) in [6.45, 7) is 4.66. The summed E-state index contributed by atoms with van der Waals surface area (Å²) in [5, 5.41) is 3.31. The zero-order chi connectivity index (χ0) is 13.0. The van der Waals surface area contributed by atoms with Gasteiger partial charge in [0.15, 0.2) is 0 Å². The van der Waals surface area contributed by atoms with Crippen molar-refractivity contribution in [2.45, 2.75) is 26.4 Å². The van der Waals surface area contributed by atoms with Crippen molar-refractivity contribution in [3.05, 3.63) is 59.4 Å². The van der Waals surface area contributed by atoms with Crippen LogP contribution in [-0.4, -0.2) is 9.97 Å². The zero-order valence-corrected chi connectivity index (χ0v) is 10.5. The van der Waals surface area contributed by atoms with Crippen molar-refractivity contribution < 1.29 is 4.39 Å². The van der Waals surface area contributed by atoms with Gasteiger partial charge in [0.05, 0.1) is 11.9 Å². The second kappa shape index (κ2) is 5.69. The van der Waals surface area contributed by atoms with Crippen LogP contribution < -0.4 is 5.32 Å². The second-order valence-electron chi connectivity index (χ2n) is 4.31. The molecule has 3 nitrogen and oxygen atoms in total. The van der Waals surface area contributed by atoms with E-state index in [4.69, 9.17) is 0 Å². The number of pyridine rings is 2. The molecule has 2 heterocycles. The fourth-order valence-electron chi connectivity index (χ4n) is 1.74. The summed E-state index contributed by atoms with van der Waals surface area (Å²) in [6, 6.07) is 5.47. The molecule has 0 fully saturated rings. The van der Waals surface area contributed by atoms with Crippen LogP contribution in [0.3, 0.4) is 0 Å². The highest BCUT2D eigenvalue weighted by Gasteiger charge is 2.07. The van der Waals surface area contributed by atoms with Gasteiger partial charge >= 0.3 is 0 Å². The van der Waals surface area contributed by atoms with Gasteiger partial charge in [-0.3, -0.25) is 9.97 Å². The highest BCUT2D eigenvalue weighted by atomic mass is 19.1. The maximum Gasteiger partial charge on any atom is 0.141 e. The van der Waals surface area contributed by atoms with Crippen LogP contribution in [0.5, 0.6) is 0 Å². The van der Waals surface area contributed by atoms with Crippen LogP contribution in [0.2, 0.25) is 0 Å². The van der Waals surface area contributed by atoms with Gasteiger partial charge in [-0.15, -0.1) is 0 Å². The van der Waals surface area contributed by atoms with Gasteiger partial charge in [0.25, 0.3) is 0 Å². The van der Waals surface area contributed by atoms with E-state index in [9.17, 15) is 4.39 Å². The largest absolute Gasteiger partial charge is 0.304 e. The number of nitrogens with one attached hydrogen (secondary N) is 1. The summed E-state index contributed by atoms with van der Waals surface area (Å²) in [6.07, 6.45) is 4.66. The number of halogens is 1. The van der Waals surface area contributed by atoms with Crippen LogP contribution in [-0.2, 0) is 6.54 Å². The number of aryl methyl sites for hydroxylation is 1. The van der Waals surface area contributed by atoms with Crippen molar-refractivity contribution in [3.8, 4) is 0 Å². The van der Waals surface area contributed by atoms with E-state index in [-0.39, 0.29) is 11.9 Å². The van der Waals surface area contributed by atoms with Gasteiger partial charge < -0.3 is 5.32 Å². The molecule has 2 aromatic rings. The molecule has 2 rings (SSSR count). The summed E-state index contributed by atoms with van der Waals surface area (Å²) in [4.78, 5) is 8.16. The fourth-order valence-corrected chi connectivity index (χ4v) is 1.74. The van der Waals surface area contributed by atoms with Crippen molar-refractivity contribution in [1.82, 2.24) is 15.3 Å². The summed E-state index contributed by atoms with van der Waals surface area (Å²) < 4.78 is 13.1. The molecule has 0 aliphatic heterocycles. The third-order valence-electron chi connectivity index (χ3n) is 2.92. The molecule has 0 aromatic carbocycles. The SMILES string of the molecule is Cc1cccnc1CNC(C)c1cncc(F)c1. The first-order chi connectivity index (χ1) is 8.66. The van der Waals surface area contributed by atoms with Crippen molar-refractivity contribution in [2.24, 2.45) is 0 Å². The topological polar surface area (TPSA) is 37.8 Å². The van der Waals surface area contributed by atoms with Gasteiger partial charge in [-0.25, -0.2) is 4.39 Å². The number of aromatic nitrogens is 2. The Morgan fingerprint density at radius 3 is 2.94 bits per heavy atom. The molecule has 0 radical (unpaired) electrons. The lowest BCUT2D eigenvalue weighted by Crippen LogP contribution is -2.19. The minimum absolute atomic E-state index is 0.0367. The molecule has 0 bridgehead atoms. The van der Waals surface area contributed by atoms with Crippen LogP contribution in [0.25, 0.3) is 0 Å². The highest BCUT2D eigenvalue weighted by molar-refractivity contribution is 5.18. The first-order valence-corrected chi connectivity index (χ1v) is 5.91. The van der Waals surface area contributed by atoms with Crippen LogP contribution in [0, 0.1) is 12.7 Å². The Hall–Kier alpha value is -1.81. The fraction of sp³-hybridized carbons (Fsp3) is 0.286. The van der Waals surface area contributed by atoms with Gasteiger partial charge in [0.2, 0.25) is 0 Å². The normalized spacial score (nSPS) is 12.4. The monoisotopic (exact) mass is 245 g/mol. The lowest BCUT2D eigenvalue weighted by Gasteiger charge is -2.14. The zero-order valence-electron chi connectivity index (χ0n) is 10.5. The molecule has 4 heteroatoms. The van der Waals surface area contributed by atoms with E-state index < -0.39 is 0 Å². The van der Waals surface area contributed by atoms with E-state index in [1.165, 1.54) is 12.3 Å². The predicted molar refractivity (Wildman–Crippen MR) is 68.4 cm³/mol. The Kier molecular flexibility index (Phi) is 3.99. The maximum absolute atomic E-state index is 13.1. The number of nitrogens with zero attached hydrogens (tertiary/aromatic N) is 2. The molecule has 1 atom stereocenters.